The highest BCUT2D eigenvalue weighted by Crippen LogP contribution is 2.39. The first-order chi connectivity index (χ1) is 9.45. The Morgan fingerprint density at radius 1 is 1.40 bits per heavy atom. The van der Waals surface area contributed by atoms with E-state index in [0.717, 1.165) is 31.4 Å². The van der Waals surface area contributed by atoms with Crippen LogP contribution in [0.3, 0.4) is 0 Å². The van der Waals surface area contributed by atoms with E-state index in [4.69, 9.17) is 11.6 Å². The van der Waals surface area contributed by atoms with Crippen molar-refractivity contribution in [2.24, 2.45) is 5.92 Å². The maximum Gasteiger partial charge on any atom is 0.244 e. The average molecular weight is 317 g/mol. The number of rotatable bonds is 6. The molecule has 3 rings (SSSR count). The number of hydrogen-bond donors (Lipinski definition) is 0. The van der Waals surface area contributed by atoms with E-state index in [1.54, 1.807) is 19.3 Å². The van der Waals surface area contributed by atoms with Crippen molar-refractivity contribution < 1.29 is 8.42 Å². The number of halogens is 1. The Hall–Kier alpha value is -0.520. The van der Waals surface area contributed by atoms with E-state index >= 15 is 0 Å². The van der Waals surface area contributed by atoms with Gasteiger partial charge in [0.05, 0.1) is 5.88 Å². The van der Waals surface area contributed by atoms with Gasteiger partial charge in [-0.3, -0.25) is 0 Å². The van der Waals surface area contributed by atoms with Crippen LogP contribution in [0.4, 0.5) is 0 Å². The van der Waals surface area contributed by atoms with Crippen molar-refractivity contribution in [2.75, 3.05) is 7.05 Å². The summed E-state index contributed by atoms with van der Waals surface area (Å²) in [6.07, 6.45) is 6.27. The summed E-state index contributed by atoms with van der Waals surface area (Å²) >= 11 is 5.94. The second kappa shape index (κ2) is 5.04. The predicted molar refractivity (Wildman–Crippen MR) is 79.4 cm³/mol. The summed E-state index contributed by atoms with van der Waals surface area (Å²) in [7, 11) is -1.72. The van der Waals surface area contributed by atoms with Crippen molar-refractivity contribution in [3.63, 3.8) is 0 Å². The van der Waals surface area contributed by atoms with E-state index in [-0.39, 0.29) is 6.04 Å². The molecule has 2 saturated carbocycles. The Kier molecular flexibility index (Phi) is 3.63. The third-order valence-corrected chi connectivity index (χ3v) is 6.72. The molecule has 0 N–H and O–H groups in total. The second-order valence-electron chi connectivity index (χ2n) is 6.04. The van der Waals surface area contributed by atoms with Gasteiger partial charge in [-0.2, -0.15) is 4.31 Å². The molecule has 0 spiro atoms. The Balaban J connectivity index is 1.90. The minimum Gasteiger partial charge on any atom is -0.346 e. The van der Waals surface area contributed by atoms with E-state index < -0.39 is 10.0 Å². The quantitative estimate of drug-likeness (QED) is 0.757. The van der Waals surface area contributed by atoms with Gasteiger partial charge >= 0.3 is 0 Å². The molecule has 20 heavy (non-hydrogen) atoms. The standard InChI is InChI=1S/C14H21ClN2O2S/c1-10(11-3-4-11)16(2)20(18,19)14-7-13(8-15)17(9-14)12-5-6-12/h7,9-12H,3-6,8H2,1-2H3. The Labute approximate surface area is 125 Å². The first-order valence-electron chi connectivity index (χ1n) is 7.20. The smallest absolute Gasteiger partial charge is 0.244 e. The molecule has 0 aromatic carbocycles. The van der Waals surface area contributed by atoms with Crippen molar-refractivity contribution in [1.29, 1.82) is 0 Å². The fourth-order valence-corrected chi connectivity index (χ4v) is 4.39. The van der Waals surface area contributed by atoms with Crippen LogP contribution in [0.5, 0.6) is 0 Å². The van der Waals surface area contributed by atoms with Gasteiger partial charge in [-0.05, 0) is 44.6 Å². The van der Waals surface area contributed by atoms with Crippen LogP contribution in [0.15, 0.2) is 17.2 Å². The lowest BCUT2D eigenvalue weighted by Crippen LogP contribution is -2.36. The van der Waals surface area contributed by atoms with Gasteiger partial charge in [0, 0.05) is 31.0 Å². The van der Waals surface area contributed by atoms with Crippen LogP contribution in [0.25, 0.3) is 0 Å². The molecule has 1 unspecified atom stereocenters. The number of aromatic nitrogens is 1. The van der Waals surface area contributed by atoms with Gasteiger partial charge in [0.1, 0.15) is 4.90 Å². The number of hydrogen-bond acceptors (Lipinski definition) is 2. The molecule has 4 nitrogen and oxygen atoms in total. The molecule has 1 aromatic heterocycles. The number of alkyl halides is 1. The monoisotopic (exact) mass is 316 g/mol. The summed E-state index contributed by atoms with van der Waals surface area (Å²) in [4.78, 5) is 0.384. The molecule has 6 heteroatoms. The third-order valence-electron chi connectivity index (χ3n) is 4.54. The topological polar surface area (TPSA) is 42.3 Å². The van der Waals surface area contributed by atoms with E-state index in [1.165, 1.54) is 4.31 Å². The van der Waals surface area contributed by atoms with Gasteiger partial charge < -0.3 is 4.57 Å². The van der Waals surface area contributed by atoms with Crippen LogP contribution in [0.2, 0.25) is 0 Å². The number of sulfonamides is 1. The highest BCUT2D eigenvalue weighted by atomic mass is 35.5. The molecule has 0 amide bonds. The largest absolute Gasteiger partial charge is 0.346 e. The van der Waals surface area contributed by atoms with Gasteiger partial charge in [0.2, 0.25) is 10.0 Å². The highest BCUT2D eigenvalue weighted by Gasteiger charge is 2.37. The van der Waals surface area contributed by atoms with Crippen LogP contribution >= 0.6 is 11.6 Å². The molecular formula is C14H21ClN2O2S. The molecule has 1 atom stereocenters. The average Bonchev–Trinajstić information content (AvgIpc) is 3.33. The molecule has 1 heterocycles. The summed E-state index contributed by atoms with van der Waals surface area (Å²) in [5.41, 5.74) is 0.903. The summed E-state index contributed by atoms with van der Waals surface area (Å²) in [5.74, 6) is 0.876. The van der Waals surface area contributed by atoms with Crippen molar-refractivity contribution in [1.82, 2.24) is 8.87 Å². The predicted octanol–water partition coefficient (Wildman–Crippen LogP) is 2.98. The molecule has 1 aromatic rings. The minimum absolute atomic E-state index is 0.0729. The van der Waals surface area contributed by atoms with Gasteiger partial charge in [-0.15, -0.1) is 11.6 Å². The molecule has 2 aliphatic carbocycles. The maximum absolute atomic E-state index is 12.7. The first-order valence-corrected chi connectivity index (χ1v) is 9.17. The lowest BCUT2D eigenvalue weighted by atomic mass is 10.2. The van der Waals surface area contributed by atoms with Crippen molar-refractivity contribution in [3.8, 4) is 0 Å². The summed E-state index contributed by atoms with van der Waals surface area (Å²) in [6.45, 7) is 2.00. The lowest BCUT2D eigenvalue weighted by molar-refractivity contribution is 0.357. The van der Waals surface area contributed by atoms with Crippen LogP contribution in [-0.2, 0) is 15.9 Å². The molecule has 0 saturated heterocycles. The Morgan fingerprint density at radius 2 is 2.05 bits per heavy atom. The Morgan fingerprint density at radius 3 is 2.55 bits per heavy atom. The third kappa shape index (κ3) is 2.51. The lowest BCUT2D eigenvalue weighted by Gasteiger charge is -2.23. The fourth-order valence-electron chi connectivity index (χ4n) is 2.70. The van der Waals surface area contributed by atoms with Crippen molar-refractivity contribution in [2.45, 2.75) is 55.5 Å². The van der Waals surface area contributed by atoms with Crippen molar-refractivity contribution >= 4 is 21.6 Å². The Bertz CT molecular complexity index is 603. The zero-order chi connectivity index (χ0) is 14.5. The summed E-state index contributed by atoms with van der Waals surface area (Å²) in [5, 5.41) is 0. The van der Waals surface area contributed by atoms with Crippen LogP contribution in [0, 0.1) is 5.92 Å². The molecular weight excluding hydrogens is 296 g/mol. The van der Waals surface area contributed by atoms with E-state index in [0.29, 0.717) is 22.7 Å². The molecule has 0 radical (unpaired) electrons. The zero-order valence-electron chi connectivity index (χ0n) is 11.9. The summed E-state index contributed by atoms with van der Waals surface area (Å²) in [6, 6.07) is 2.25. The minimum atomic E-state index is -3.41. The molecule has 2 fully saturated rings. The van der Waals surface area contributed by atoms with Gasteiger partial charge in [-0.25, -0.2) is 8.42 Å². The van der Waals surface area contributed by atoms with Crippen LogP contribution in [-0.4, -0.2) is 30.4 Å². The number of nitrogens with zero attached hydrogens (tertiary/aromatic N) is 2. The van der Waals surface area contributed by atoms with Crippen LogP contribution < -0.4 is 0 Å². The van der Waals surface area contributed by atoms with Crippen LogP contribution in [0.1, 0.15) is 44.3 Å². The van der Waals surface area contributed by atoms with E-state index in [1.807, 2.05) is 11.5 Å². The normalized spacial score (nSPS) is 21.4. The SMILES string of the molecule is CC(C1CC1)N(C)S(=O)(=O)c1cc(CCl)n(C2CC2)c1. The molecule has 112 valence electrons. The van der Waals surface area contributed by atoms with E-state index in [2.05, 4.69) is 0 Å². The second-order valence-corrected chi connectivity index (χ2v) is 8.30. The van der Waals surface area contributed by atoms with Gasteiger partial charge in [-0.1, -0.05) is 0 Å². The van der Waals surface area contributed by atoms with Gasteiger partial charge in [0.25, 0.3) is 0 Å². The highest BCUT2D eigenvalue weighted by molar-refractivity contribution is 7.89. The fraction of sp³-hybridized carbons (Fsp3) is 0.714. The molecule has 2 aliphatic rings. The zero-order valence-corrected chi connectivity index (χ0v) is 13.5. The first kappa shape index (κ1) is 14.4. The maximum atomic E-state index is 12.7. The molecule has 0 aliphatic heterocycles. The molecule has 0 bridgehead atoms. The van der Waals surface area contributed by atoms with E-state index in [9.17, 15) is 8.42 Å². The van der Waals surface area contributed by atoms with Gasteiger partial charge in [0.15, 0.2) is 0 Å². The summed E-state index contributed by atoms with van der Waals surface area (Å²) < 4.78 is 29.0. The van der Waals surface area contributed by atoms with Crippen molar-refractivity contribution in [3.05, 3.63) is 18.0 Å².